The largest absolute Gasteiger partial charge is 0.357 e. The smallest absolute Gasteiger partial charge is 0.226 e. The summed E-state index contributed by atoms with van der Waals surface area (Å²) in [7, 11) is 1.76. The molecule has 2 N–H and O–H groups in total. The Kier molecular flexibility index (Phi) is 2.63. The number of anilines is 1. The molecule has 3 heterocycles. The van der Waals surface area contributed by atoms with Crippen molar-refractivity contribution in [2.45, 2.75) is 13.8 Å². The molecule has 0 aliphatic rings. The van der Waals surface area contributed by atoms with Crippen LogP contribution in [0.1, 0.15) is 11.4 Å². The zero-order valence-electron chi connectivity index (χ0n) is 10.7. The molecule has 3 rings (SSSR count). The minimum atomic E-state index is 0.496. The maximum atomic E-state index is 6.18. The minimum absolute atomic E-state index is 0.496. The van der Waals surface area contributed by atoms with Gasteiger partial charge in [0.15, 0.2) is 11.5 Å². The average Bonchev–Trinajstić information content (AvgIpc) is 2.98. The fourth-order valence-electron chi connectivity index (χ4n) is 1.92. The monoisotopic (exact) mass is 277 g/mol. The third kappa shape index (κ3) is 1.74. The maximum Gasteiger partial charge on any atom is 0.226 e. The van der Waals surface area contributed by atoms with Gasteiger partial charge in [-0.15, -0.1) is 0 Å². The normalized spacial score (nSPS) is 11.2. The number of fused-ring (bicyclic) bond motifs is 1. The van der Waals surface area contributed by atoms with E-state index in [2.05, 4.69) is 30.6 Å². The quantitative estimate of drug-likeness (QED) is 0.747. The molecule has 0 amide bonds. The molecule has 0 atom stereocenters. The van der Waals surface area contributed by atoms with Crippen molar-refractivity contribution in [1.82, 2.24) is 29.9 Å². The highest BCUT2D eigenvalue weighted by atomic mass is 35.5. The zero-order valence-corrected chi connectivity index (χ0v) is 11.4. The lowest BCUT2D eigenvalue weighted by molar-refractivity contribution is 0.811. The Bertz CT molecular complexity index is 758. The molecule has 0 radical (unpaired) electrons. The van der Waals surface area contributed by atoms with Crippen molar-refractivity contribution in [3.63, 3.8) is 0 Å². The Morgan fingerprint density at radius 3 is 2.74 bits per heavy atom. The predicted octanol–water partition coefficient (Wildman–Crippen LogP) is 1.85. The molecular weight excluding hydrogens is 266 g/mol. The second kappa shape index (κ2) is 4.20. The fourth-order valence-corrected chi connectivity index (χ4v) is 2.04. The van der Waals surface area contributed by atoms with Gasteiger partial charge >= 0.3 is 0 Å². The van der Waals surface area contributed by atoms with Crippen molar-refractivity contribution in [1.29, 1.82) is 0 Å². The van der Waals surface area contributed by atoms with Crippen molar-refractivity contribution in [3.8, 4) is 5.82 Å². The Morgan fingerprint density at radius 1 is 1.32 bits per heavy atom. The topological polar surface area (TPSA) is 84.3 Å². The van der Waals surface area contributed by atoms with Crippen LogP contribution in [-0.2, 0) is 0 Å². The average molecular weight is 278 g/mol. The molecule has 8 heteroatoms. The number of aryl methyl sites for hydroxylation is 1. The van der Waals surface area contributed by atoms with Crippen LogP contribution in [0.15, 0.2) is 6.20 Å². The van der Waals surface area contributed by atoms with E-state index in [4.69, 9.17) is 11.6 Å². The summed E-state index contributed by atoms with van der Waals surface area (Å²) in [6.45, 7) is 3.76. The highest BCUT2D eigenvalue weighted by molar-refractivity contribution is 6.31. The highest BCUT2D eigenvalue weighted by Gasteiger charge is 2.16. The van der Waals surface area contributed by atoms with Crippen LogP contribution < -0.4 is 5.32 Å². The summed E-state index contributed by atoms with van der Waals surface area (Å²) in [5, 5.41) is 15.6. The summed E-state index contributed by atoms with van der Waals surface area (Å²) in [6.07, 6.45) is 1.68. The third-order valence-electron chi connectivity index (χ3n) is 2.92. The molecule has 0 bridgehead atoms. The maximum absolute atomic E-state index is 6.18. The van der Waals surface area contributed by atoms with Gasteiger partial charge in [-0.25, -0.2) is 4.68 Å². The second-order valence-electron chi connectivity index (χ2n) is 4.15. The summed E-state index contributed by atoms with van der Waals surface area (Å²) in [5.41, 5.74) is 2.25. The molecule has 3 aromatic heterocycles. The summed E-state index contributed by atoms with van der Waals surface area (Å²) in [6, 6.07) is 0. The van der Waals surface area contributed by atoms with Crippen LogP contribution in [0.25, 0.3) is 16.9 Å². The first-order valence-corrected chi connectivity index (χ1v) is 6.10. The molecule has 0 saturated carbocycles. The molecule has 7 nitrogen and oxygen atoms in total. The summed E-state index contributed by atoms with van der Waals surface area (Å²) >= 11 is 6.18. The molecule has 98 valence electrons. The standard InChI is InChI=1S/C11H12ClN7/c1-5-8(12)6(2)19(18-5)10-7-4-14-17-9(7)15-11(13-3)16-10/h4H,1-3H3,(H2,13,14,15,16,17). The molecule has 0 aromatic carbocycles. The number of hydrogen-bond acceptors (Lipinski definition) is 5. The van der Waals surface area contributed by atoms with E-state index in [1.54, 1.807) is 17.9 Å². The minimum Gasteiger partial charge on any atom is -0.357 e. The number of halogens is 1. The van der Waals surface area contributed by atoms with Crippen LogP contribution in [0.3, 0.4) is 0 Å². The van der Waals surface area contributed by atoms with Crippen molar-refractivity contribution in [3.05, 3.63) is 22.6 Å². The van der Waals surface area contributed by atoms with E-state index in [0.29, 0.717) is 22.4 Å². The lowest BCUT2D eigenvalue weighted by atomic mass is 10.3. The van der Waals surface area contributed by atoms with E-state index in [0.717, 1.165) is 16.8 Å². The number of hydrogen-bond donors (Lipinski definition) is 2. The van der Waals surface area contributed by atoms with Crippen LogP contribution in [0.5, 0.6) is 0 Å². The number of nitrogens with one attached hydrogen (secondary N) is 2. The molecular formula is C11H12ClN7. The lowest BCUT2D eigenvalue weighted by Gasteiger charge is -2.06. The number of nitrogens with zero attached hydrogens (tertiary/aromatic N) is 5. The highest BCUT2D eigenvalue weighted by Crippen LogP contribution is 2.25. The van der Waals surface area contributed by atoms with Gasteiger partial charge in [0.25, 0.3) is 0 Å². The van der Waals surface area contributed by atoms with E-state index in [-0.39, 0.29) is 0 Å². The van der Waals surface area contributed by atoms with Gasteiger partial charge in [-0.2, -0.15) is 20.2 Å². The van der Waals surface area contributed by atoms with Gasteiger partial charge in [0.1, 0.15) is 0 Å². The van der Waals surface area contributed by atoms with Gasteiger partial charge in [0, 0.05) is 7.05 Å². The van der Waals surface area contributed by atoms with E-state index in [9.17, 15) is 0 Å². The van der Waals surface area contributed by atoms with Crippen molar-refractivity contribution in [2.75, 3.05) is 12.4 Å². The van der Waals surface area contributed by atoms with Crippen LogP contribution >= 0.6 is 11.6 Å². The van der Waals surface area contributed by atoms with Gasteiger partial charge < -0.3 is 5.32 Å². The number of aromatic nitrogens is 6. The fraction of sp³-hybridized carbons (Fsp3) is 0.273. The van der Waals surface area contributed by atoms with Crippen LogP contribution in [0, 0.1) is 13.8 Å². The van der Waals surface area contributed by atoms with Gasteiger partial charge in [0.2, 0.25) is 5.95 Å². The number of rotatable bonds is 2. The van der Waals surface area contributed by atoms with Crippen molar-refractivity contribution in [2.24, 2.45) is 0 Å². The zero-order chi connectivity index (χ0) is 13.6. The van der Waals surface area contributed by atoms with E-state index in [1.165, 1.54) is 0 Å². The first-order chi connectivity index (χ1) is 9.11. The predicted molar refractivity (Wildman–Crippen MR) is 72.8 cm³/mol. The molecule has 0 unspecified atom stereocenters. The first-order valence-electron chi connectivity index (χ1n) is 5.72. The third-order valence-corrected chi connectivity index (χ3v) is 3.46. The molecule has 0 saturated heterocycles. The lowest BCUT2D eigenvalue weighted by Crippen LogP contribution is -2.06. The molecule has 0 aliphatic carbocycles. The van der Waals surface area contributed by atoms with Crippen LogP contribution in [0.4, 0.5) is 5.95 Å². The van der Waals surface area contributed by atoms with E-state index < -0.39 is 0 Å². The van der Waals surface area contributed by atoms with Crippen LogP contribution in [0.2, 0.25) is 5.02 Å². The Hall–Kier alpha value is -2.15. The van der Waals surface area contributed by atoms with Gasteiger partial charge in [-0.05, 0) is 13.8 Å². The first kappa shape index (κ1) is 11.9. The van der Waals surface area contributed by atoms with E-state index >= 15 is 0 Å². The van der Waals surface area contributed by atoms with Gasteiger partial charge in [-0.3, -0.25) is 5.10 Å². The van der Waals surface area contributed by atoms with Crippen LogP contribution in [-0.4, -0.2) is 37.0 Å². The SMILES string of the molecule is CNc1nc(-n2nc(C)c(Cl)c2C)c2cn[nH]c2n1. The van der Waals surface area contributed by atoms with Crippen molar-refractivity contribution < 1.29 is 0 Å². The summed E-state index contributed by atoms with van der Waals surface area (Å²) in [5.74, 6) is 1.14. The molecule has 0 spiro atoms. The summed E-state index contributed by atoms with van der Waals surface area (Å²) in [4.78, 5) is 8.72. The Labute approximate surface area is 114 Å². The Morgan fingerprint density at radius 2 is 2.11 bits per heavy atom. The molecule has 0 aliphatic heterocycles. The van der Waals surface area contributed by atoms with Gasteiger partial charge in [-0.1, -0.05) is 11.6 Å². The molecule has 3 aromatic rings. The van der Waals surface area contributed by atoms with E-state index in [1.807, 2.05) is 13.8 Å². The Balaban J connectivity index is 2.34. The number of H-pyrrole nitrogens is 1. The summed E-state index contributed by atoms with van der Waals surface area (Å²) < 4.78 is 1.71. The molecule has 0 fully saturated rings. The number of aromatic amines is 1. The van der Waals surface area contributed by atoms with Crippen molar-refractivity contribution >= 4 is 28.6 Å². The second-order valence-corrected chi connectivity index (χ2v) is 4.53. The van der Waals surface area contributed by atoms with Gasteiger partial charge in [0.05, 0.1) is 28.0 Å². The molecule has 19 heavy (non-hydrogen) atoms.